The topological polar surface area (TPSA) is 38.7 Å². The third-order valence-corrected chi connectivity index (χ3v) is 4.96. The van der Waals surface area contributed by atoms with E-state index in [9.17, 15) is 5.11 Å². The number of nitrogens with zero attached hydrogens (tertiary/aromatic N) is 2. The van der Waals surface area contributed by atoms with Gasteiger partial charge in [-0.1, -0.05) is 6.92 Å². The van der Waals surface area contributed by atoms with Gasteiger partial charge in [0.15, 0.2) is 0 Å². The van der Waals surface area contributed by atoms with Gasteiger partial charge < -0.3 is 10.4 Å². The first-order valence-electron chi connectivity index (χ1n) is 7.88. The number of rotatable bonds is 6. The van der Waals surface area contributed by atoms with Crippen LogP contribution in [0.25, 0.3) is 0 Å². The Balaban J connectivity index is 1.91. The first kappa shape index (κ1) is 15.2. The molecule has 2 N–H and O–H groups in total. The van der Waals surface area contributed by atoms with E-state index in [4.69, 9.17) is 0 Å². The maximum atomic E-state index is 9.70. The zero-order valence-corrected chi connectivity index (χ0v) is 12.9. The zero-order chi connectivity index (χ0) is 13.9. The molecule has 2 aliphatic heterocycles. The fourth-order valence-corrected chi connectivity index (χ4v) is 3.60. The number of aliphatic hydroxyl groups is 1. The Morgan fingerprint density at radius 3 is 2.68 bits per heavy atom. The predicted octanol–water partition coefficient (Wildman–Crippen LogP) is 0.906. The average Bonchev–Trinajstić information content (AvgIpc) is 2.65. The Hall–Kier alpha value is -0.160. The molecule has 0 radical (unpaired) electrons. The molecule has 0 aromatic carbocycles. The number of likely N-dealkylation sites (N-methyl/N-ethyl adjacent to an activating group) is 1. The van der Waals surface area contributed by atoms with Crippen LogP contribution in [-0.4, -0.2) is 72.4 Å². The molecule has 2 bridgehead atoms. The summed E-state index contributed by atoms with van der Waals surface area (Å²) in [6, 6.07) is 1.51. The molecular formula is C15H31N3O. The van der Waals surface area contributed by atoms with Crippen molar-refractivity contribution >= 4 is 0 Å². The third-order valence-electron chi connectivity index (χ3n) is 4.96. The van der Waals surface area contributed by atoms with Gasteiger partial charge in [0.25, 0.3) is 0 Å². The molecule has 19 heavy (non-hydrogen) atoms. The van der Waals surface area contributed by atoms with Crippen molar-refractivity contribution in [1.82, 2.24) is 15.1 Å². The van der Waals surface area contributed by atoms with Gasteiger partial charge in [-0.25, -0.2) is 0 Å². The van der Waals surface area contributed by atoms with Gasteiger partial charge >= 0.3 is 0 Å². The van der Waals surface area contributed by atoms with Crippen LogP contribution in [0.4, 0.5) is 0 Å². The molecule has 112 valence electrons. The first-order chi connectivity index (χ1) is 9.08. The smallest absolute Gasteiger partial charge is 0.0623 e. The summed E-state index contributed by atoms with van der Waals surface area (Å²) in [4.78, 5) is 5.13. The predicted molar refractivity (Wildman–Crippen MR) is 79.4 cm³/mol. The van der Waals surface area contributed by atoms with Crippen LogP contribution in [0.15, 0.2) is 0 Å². The van der Waals surface area contributed by atoms with Crippen LogP contribution >= 0.6 is 0 Å². The Morgan fingerprint density at radius 1 is 1.26 bits per heavy atom. The summed E-state index contributed by atoms with van der Waals surface area (Å²) in [6.45, 7) is 8.82. The van der Waals surface area contributed by atoms with Crippen molar-refractivity contribution in [3.63, 3.8) is 0 Å². The lowest BCUT2D eigenvalue weighted by molar-refractivity contribution is 0.113. The first-order valence-corrected chi connectivity index (χ1v) is 7.88. The van der Waals surface area contributed by atoms with E-state index < -0.39 is 0 Å². The molecule has 3 atom stereocenters. The summed E-state index contributed by atoms with van der Waals surface area (Å²) in [5.74, 6) is 0. The zero-order valence-electron chi connectivity index (χ0n) is 12.9. The van der Waals surface area contributed by atoms with E-state index >= 15 is 0 Å². The third kappa shape index (κ3) is 3.69. The van der Waals surface area contributed by atoms with Gasteiger partial charge in [0.1, 0.15) is 0 Å². The highest BCUT2D eigenvalue weighted by Gasteiger charge is 2.36. The van der Waals surface area contributed by atoms with Crippen molar-refractivity contribution in [1.29, 1.82) is 0 Å². The van der Waals surface area contributed by atoms with Gasteiger partial charge in [-0.3, -0.25) is 9.80 Å². The number of nitrogens with one attached hydrogen (secondary N) is 1. The largest absolute Gasteiger partial charge is 0.394 e. The van der Waals surface area contributed by atoms with Gasteiger partial charge in [0.2, 0.25) is 0 Å². The van der Waals surface area contributed by atoms with Crippen LogP contribution in [0.2, 0.25) is 0 Å². The Kier molecular flexibility index (Phi) is 5.23. The van der Waals surface area contributed by atoms with Crippen LogP contribution in [0.1, 0.15) is 39.5 Å². The molecule has 2 saturated heterocycles. The second-order valence-electron chi connectivity index (χ2n) is 6.72. The van der Waals surface area contributed by atoms with Crippen molar-refractivity contribution < 1.29 is 5.11 Å². The van der Waals surface area contributed by atoms with Crippen LogP contribution in [-0.2, 0) is 0 Å². The molecule has 0 spiro atoms. The summed E-state index contributed by atoms with van der Waals surface area (Å²) in [6.07, 6.45) is 5.11. The molecule has 2 fully saturated rings. The minimum absolute atomic E-state index is 0.155. The van der Waals surface area contributed by atoms with E-state index in [1.54, 1.807) is 0 Å². The van der Waals surface area contributed by atoms with Gasteiger partial charge in [0.05, 0.1) is 12.1 Å². The van der Waals surface area contributed by atoms with Gasteiger partial charge in [0, 0.05) is 25.2 Å². The highest BCUT2D eigenvalue weighted by molar-refractivity contribution is 4.94. The molecule has 2 heterocycles. The van der Waals surface area contributed by atoms with E-state index in [0.29, 0.717) is 0 Å². The van der Waals surface area contributed by atoms with E-state index in [1.165, 1.54) is 25.8 Å². The average molecular weight is 269 g/mol. The second kappa shape index (κ2) is 6.53. The molecule has 4 nitrogen and oxygen atoms in total. The van der Waals surface area contributed by atoms with E-state index in [-0.39, 0.29) is 12.1 Å². The molecule has 0 amide bonds. The fourth-order valence-electron chi connectivity index (χ4n) is 3.60. The van der Waals surface area contributed by atoms with E-state index in [0.717, 1.165) is 38.1 Å². The highest BCUT2D eigenvalue weighted by atomic mass is 16.3. The number of aliphatic hydroxyl groups excluding tert-OH is 1. The molecule has 0 aliphatic carbocycles. The van der Waals surface area contributed by atoms with Crippen molar-refractivity contribution in [2.75, 3.05) is 39.8 Å². The quantitative estimate of drug-likeness (QED) is 0.752. The van der Waals surface area contributed by atoms with Crippen molar-refractivity contribution in [2.45, 2.75) is 57.2 Å². The molecule has 3 unspecified atom stereocenters. The molecule has 4 heteroatoms. The van der Waals surface area contributed by atoms with Crippen LogP contribution in [0.3, 0.4) is 0 Å². The van der Waals surface area contributed by atoms with Crippen molar-refractivity contribution in [2.24, 2.45) is 0 Å². The molecule has 0 saturated carbocycles. The van der Waals surface area contributed by atoms with Crippen molar-refractivity contribution in [3.05, 3.63) is 0 Å². The minimum atomic E-state index is -0.155. The lowest BCUT2D eigenvalue weighted by atomic mass is 10.0. The summed E-state index contributed by atoms with van der Waals surface area (Å²) in [5.41, 5.74) is -0.155. The molecule has 2 rings (SSSR count). The Bertz CT molecular complexity index is 287. The Labute approximate surface area is 118 Å². The van der Waals surface area contributed by atoms with Crippen LogP contribution in [0.5, 0.6) is 0 Å². The van der Waals surface area contributed by atoms with Gasteiger partial charge in [-0.2, -0.15) is 0 Å². The molecular weight excluding hydrogens is 238 g/mol. The van der Waals surface area contributed by atoms with Crippen molar-refractivity contribution in [3.8, 4) is 0 Å². The van der Waals surface area contributed by atoms with E-state index in [1.807, 2.05) is 0 Å². The van der Waals surface area contributed by atoms with E-state index in [2.05, 4.69) is 36.0 Å². The van der Waals surface area contributed by atoms with Gasteiger partial charge in [-0.15, -0.1) is 0 Å². The molecule has 0 aromatic rings. The lowest BCUT2D eigenvalue weighted by Gasteiger charge is -2.36. The SMILES string of the molecule is CCCNC(C)(CO)CN1CCC2CCC(C1)N2C. The number of hydrogen-bond acceptors (Lipinski definition) is 4. The molecule has 2 aliphatic rings. The summed E-state index contributed by atoms with van der Waals surface area (Å²) in [7, 11) is 2.28. The number of hydrogen-bond donors (Lipinski definition) is 2. The summed E-state index contributed by atoms with van der Waals surface area (Å²) in [5, 5.41) is 13.2. The van der Waals surface area contributed by atoms with Gasteiger partial charge in [-0.05, 0) is 52.7 Å². The van der Waals surface area contributed by atoms with Crippen LogP contribution in [0, 0.1) is 0 Å². The minimum Gasteiger partial charge on any atom is -0.394 e. The lowest BCUT2D eigenvalue weighted by Crippen LogP contribution is -2.55. The summed E-state index contributed by atoms with van der Waals surface area (Å²) < 4.78 is 0. The Morgan fingerprint density at radius 2 is 2.00 bits per heavy atom. The number of likely N-dealkylation sites (tertiary alicyclic amines) is 1. The normalized spacial score (nSPS) is 32.2. The summed E-state index contributed by atoms with van der Waals surface area (Å²) >= 11 is 0. The fraction of sp³-hybridized carbons (Fsp3) is 1.00. The maximum absolute atomic E-state index is 9.70. The highest BCUT2D eigenvalue weighted by Crippen LogP contribution is 2.28. The number of fused-ring (bicyclic) bond motifs is 2. The van der Waals surface area contributed by atoms with Crippen LogP contribution < -0.4 is 5.32 Å². The second-order valence-corrected chi connectivity index (χ2v) is 6.72. The standard InChI is InChI=1S/C15H31N3O/c1-4-8-16-15(2,12-19)11-18-9-7-13-5-6-14(10-18)17(13)3/h13-14,16,19H,4-12H2,1-3H3. The monoisotopic (exact) mass is 269 g/mol. The maximum Gasteiger partial charge on any atom is 0.0623 e. The molecule has 0 aromatic heterocycles.